The van der Waals surface area contributed by atoms with E-state index in [1.165, 1.54) is 23.9 Å². The van der Waals surface area contributed by atoms with Crippen molar-refractivity contribution in [3.05, 3.63) is 64.9 Å². The number of carbonyl (C=O) groups is 1. The van der Waals surface area contributed by atoms with Gasteiger partial charge in [-0.25, -0.2) is 12.8 Å². The number of carbonyl (C=O) groups excluding carboxylic acids is 1. The molecule has 2 aliphatic rings. The monoisotopic (exact) mass is 438 g/mol. The fourth-order valence-corrected chi connectivity index (χ4v) is 7.45. The first-order chi connectivity index (χ1) is 13.3. The van der Waals surface area contributed by atoms with Crippen LogP contribution in [0, 0.1) is 5.82 Å². The number of hydrogen-bond donors (Lipinski definition) is 0. The molecule has 2 atom stereocenters. The Labute approximate surface area is 171 Å². The van der Waals surface area contributed by atoms with Crippen LogP contribution in [0.15, 0.2) is 53.5 Å². The molecular weight excluding hydrogens is 423 g/mol. The fraction of sp³-hybridized carbons (Fsp3) is 0.263. The second kappa shape index (κ2) is 7.50. The molecular formula is C19H16ClFN2O3S2. The smallest absolute Gasteiger partial charge is 0.252 e. The minimum absolute atomic E-state index is 0.0263. The minimum Gasteiger partial charge on any atom is -0.316 e. The molecule has 2 fully saturated rings. The lowest BCUT2D eigenvalue weighted by Gasteiger charge is -2.24. The summed E-state index contributed by atoms with van der Waals surface area (Å²) < 4.78 is 37.2. The summed E-state index contributed by atoms with van der Waals surface area (Å²) in [6, 6.07) is 12.4. The molecule has 9 heteroatoms. The second-order valence-corrected chi connectivity index (χ2v) is 10.5. The number of amides is 1. The Morgan fingerprint density at radius 3 is 2.50 bits per heavy atom. The predicted molar refractivity (Wildman–Crippen MR) is 110 cm³/mol. The van der Waals surface area contributed by atoms with E-state index < -0.39 is 9.84 Å². The SMILES string of the molecule is O=C(Cc1ccc(F)cc1)N=C1S[C@H]2CS(=O)(=O)C[C@H]2N1c1ccc(Cl)cc1. The van der Waals surface area contributed by atoms with E-state index in [-0.39, 0.29) is 40.9 Å². The molecule has 1 amide bonds. The number of anilines is 1. The highest BCUT2D eigenvalue weighted by atomic mass is 35.5. The Morgan fingerprint density at radius 2 is 1.82 bits per heavy atom. The van der Waals surface area contributed by atoms with Gasteiger partial charge < -0.3 is 4.90 Å². The molecule has 5 nitrogen and oxygen atoms in total. The van der Waals surface area contributed by atoms with Crippen LogP contribution in [0.4, 0.5) is 10.1 Å². The summed E-state index contributed by atoms with van der Waals surface area (Å²) in [4.78, 5) is 18.5. The highest BCUT2D eigenvalue weighted by Gasteiger charge is 2.49. The molecule has 2 aromatic rings. The lowest BCUT2D eigenvalue weighted by Crippen LogP contribution is -2.37. The average Bonchev–Trinajstić information content (AvgIpc) is 3.09. The third kappa shape index (κ3) is 4.09. The Balaban J connectivity index is 1.62. The molecule has 146 valence electrons. The van der Waals surface area contributed by atoms with E-state index in [0.29, 0.717) is 15.8 Å². The van der Waals surface area contributed by atoms with E-state index in [9.17, 15) is 17.6 Å². The maximum Gasteiger partial charge on any atom is 0.252 e. The lowest BCUT2D eigenvalue weighted by molar-refractivity contribution is -0.117. The Kier molecular flexibility index (Phi) is 5.20. The van der Waals surface area contributed by atoms with Gasteiger partial charge in [0.1, 0.15) is 5.82 Å². The van der Waals surface area contributed by atoms with E-state index in [0.717, 1.165) is 5.69 Å². The van der Waals surface area contributed by atoms with Crippen LogP contribution >= 0.6 is 23.4 Å². The number of benzene rings is 2. The number of nitrogens with zero attached hydrogens (tertiary/aromatic N) is 2. The van der Waals surface area contributed by atoms with Crippen molar-refractivity contribution in [3.63, 3.8) is 0 Å². The summed E-state index contributed by atoms with van der Waals surface area (Å²) in [6.07, 6.45) is 0.0480. The quantitative estimate of drug-likeness (QED) is 0.735. The first-order valence-corrected chi connectivity index (χ1v) is 11.7. The van der Waals surface area contributed by atoms with Crippen molar-refractivity contribution < 1.29 is 17.6 Å². The Morgan fingerprint density at radius 1 is 1.14 bits per heavy atom. The van der Waals surface area contributed by atoms with E-state index in [1.54, 1.807) is 36.4 Å². The van der Waals surface area contributed by atoms with Crippen LogP contribution in [0.5, 0.6) is 0 Å². The van der Waals surface area contributed by atoms with Gasteiger partial charge in [-0.1, -0.05) is 35.5 Å². The first kappa shape index (κ1) is 19.4. The average molecular weight is 439 g/mol. The molecule has 2 aliphatic heterocycles. The molecule has 4 rings (SSSR count). The van der Waals surface area contributed by atoms with Crippen LogP contribution in [0.2, 0.25) is 5.02 Å². The van der Waals surface area contributed by atoms with Crippen LogP contribution in [-0.2, 0) is 21.1 Å². The molecule has 2 heterocycles. The van der Waals surface area contributed by atoms with Crippen LogP contribution in [0.3, 0.4) is 0 Å². The molecule has 0 saturated carbocycles. The topological polar surface area (TPSA) is 66.8 Å². The summed E-state index contributed by atoms with van der Waals surface area (Å²) in [6.45, 7) is 0. The standard InChI is InChI=1S/C19H16ClFN2O3S2/c20-13-3-7-15(8-4-13)23-16-10-28(25,26)11-17(16)27-19(23)22-18(24)9-12-1-5-14(21)6-2-12/h1-8,16-17H,9-11H2/t16-,17+/m1/s1. The van der Waals surface area contributed by atoms with Gasteiger partial charge in [0, 0.05) is 16.0 Å². The maximum absolute atomic E-state index is 13.0. The highest BCUT2D eigenvalue weighted by molar-refractivity contribution is 8.16. The van der Waals surface area contributed by atoms with Crippen LogP contribution in [-0.4, -0.2) is 42.3 Å². The molecule has 0 N–H and O–H groups in total. The number of fused-ring (bicyclic) bond motifs is 1. The third-order valence-corrected chi connectivity index (χ3v) is 8.12. The number of sulfone groups is 1. The van der Waals surface area contributed by atoms with E-state index in [2.05, 4.69) is 4.99 Å². The molecule has 2 aromatic carbocycles. The Bertz CT molecular complexity index is 1040. The molecule has 0 spiro atoms. The first-order valence-electron chi connectivity index (χ1n) is 8.58. The van der Waals surface area contributed by atoms with Crippen molar-refractivity contribution >= 4 is 50.0 Å². The van der Waals surface area contributed by atoms with E-state index >= 15 is 0 Å². The van der Waals surface area contributed by atoms with Gasteiger partial charge in [-0.2, -0.15) is 4.99 Å². The molecule has 0 bridgehead atoms. The van der Waals surface area contributed by atoms with Gasteiger partial charge >= 0.3 is 0 Å². The molecule has 28 heavy (non-hydrogen) atoms. The predicted octanol–water partition coefficient (Wildman–Crippen LogP) is 3.32. The van der Waals surface area contributed by atoms with Crippen LogP contribution in [0.1, 0.15) is 5.56 Å². The zero-order chi connectivity index (χ0) is 19.9. The number of halogens is 2. The second-order valence-electron chi connectivity index (χ2n) is 6.74. The van der Waals surface area contributed by atoms with E-state index in [4.69, 9.17) is 11.6 Å². The van der Waals surface area contributed by atoms with Gasteiger partial charge in [0.2, 0.25) is 0 Å². The lowest BCUT2D eigenvalue weighted by atomic mass is 10.1. The van der Waals surface area contributed by atoms with Crippen molar-refractivity contribution in [1.82, 2.24) is 0 Å². The maximum atomic E-state index is 13.0. The van der Waals surface area contributed by atoms with Gasteiger partial charge in [0.15, 0.2) is 15.0 Å². The van der Waals surface area contributed by atoms with Crippen molar-refractivity contribution in [2.75, 3.05) is 16.4 Å². The van der Waals surface area contributed by atoms with Gasteiger partial charge in [-0.3, -0.25) is 4.79 Å². The summed E-state index contributed by atoms with van der Waals surface area (Å²) in [5, 5.41) is 0.884. The minimum atomic E-state index is -3.12. The summed E-state index contributed by atoms with van der Waals surface area (Å²) in [5.41, 5.74) is 1.41. The summed E-state index contributed by atoms with van der Waals surface area (Å²) >= 11 is 7.28. The van der Waals surface area contributed by atoms with Gasteiger partial charge in [-0.05, 0) is 42.0 Å². The summed E-state index contributed by atoms with van der Waals surface area (Å²) in [7, 11) is -3.12. The molecule has 0 aliphatic carbocycles. The number of aliphatic imine (C=N–C) groups is 1. The van der Waals surface area contributed by atoms with Gasteiger partial charge in [0.25, 0.3) is 5.91 Å². The molecule has 0 radical (unpaired) electrons. The zero-order valence-corrected chi connectivity index (χ0v) is 17.0. The van der Waals surface area contributed by atoms with E-state index in [1.807, 2.05) is 4.90 Å². The molecule has 0 unspecified atom stereocenters. The van der Waals surface area contributed by atoms with Crippen molar-refractivity contribution in [3.8, 4) is 0 Å². The molecule has 0 aromatic heterocycles. The van der Waals surface area contributed by atoms with Gasteiger partial charge in [0.05, 0.1) is 24.0 Å². The molecule has 2 saturated heterocycles. The van der Waals surface area contributed by atoms with Crippen LogP contribution in [0.25, 0.3) is 0 Å². The van der Waals surface area contributed by atoms with Crippen molar-refractivity contribution in [2.24, 2.45) is 4.99 Å². The highest BCUT2D eigenvalue weighted by Crippen LogP contribution is 2.41. The normalized spacial score (nSPS) is 24.5. The van der Waals surface area contributed by atoms with Gasteiger partial charge in [-0.15, -0.1) is 0 Å². The number of hydrogen-bond acceptors (Lipinski definition) is 4. The summed E-state index contributed by atoms with van der Waals surface area (Å²) in [5.74, 6) is -0.636. The Hall–Kier alpha value is -1.90. The number of amidine groups is 1. The third-order valence-electron chi connectivity index (χ3n) is 4.66. The van der Waals surface area contributed by atoms with Crippen molar-refractivity contribution in [2.45, 2.75) is 17.7 Å². The van der Waals surface area contributed by atoms with Crippen LogP contribution < -0.4 is 4.90 Å². The fourth-order valence-electron chi connectivity index (χ4n) is 3.39. The largest absolute Gasteiger partial charge is 0.316 e. The number of thioether (sulfide) groups is 1. The number of rotatable bonds is 3. The van der Waals surface area contributed by atoms with Crippen molar-refractivity contribution in [1.29, 1.82) is 0 Å². The zero-order valence-electron chi connectivity index (χ0n) is 14.6.